The molecule has 6 rings (SSSR count). The van der Waals surface area contributed by atoms with Crippen LogP contribution in [0.3, 0.4) is 0 Å². The fraction of sp³-hybridized carbons (Fsp3) is 0. The number of benzene rings is 1. The van der Waals surface area contributed by atoms with Crippen molar-refractivity contribution < 1.29 is 0 Å². The summed E-state index contributed by atoms with van der Waals surface area (Å²) in [6.07, 6.45) is 15.3. The zero-order valence-electron chi connectivity index (χ0n) is 13.5. The number of thiophene rings is 1. The van der Waals surface area contributed by atoms with Gasteiger partial charge in [-0.3, -0.25) is 0 Å². The van der Waals surface area contributed by atoms with Crippen molar-refractivity contribution in [1.29, 1.82) is 0 Å². The average molecular weight is 335 g/mol. The fourth-order valence-corrected chi connectivity index (χ4v) is 5.29. The molecule has 0 unspecified atom stereocenters. The van der Waals surface area contributed by atoms with E-state index in [1.54, 1.807) is 0 Å². The van der Waals surface area contributed by atoms with E-state index in [-0.39, 0.29) is 0 Å². The summed E-state index contributed by atoms with van der Waals surface area (Å²) < 4.78 is 0. The van der Waals surface area contributed by atoms with Gasteiger partial charge in [0.1, 0.15) is 5.00 Å². The highest BCUT2D eigenvalue weighted by Gasteiger charge is 2.38. The van der Waals surface area contributed by atoms with Crippen molar-refractivity contribution in [3.63, 3.8) is 0 Å². The van der Waals surface area contributed by atoms with Crippen molar-refractivity contribution in [1.82, 2.24) is 0 Å². The van der Waals surface area contributed by atoms with Gasteiger partial charge in [-0.15, -0.1) is 17.3 Å². The van der Waals surface area contributed by atoms with Gasteiger partial charge in [0.2, 0.25) is 6.71 Å². The highest BCUT2D eigenvalue weighted by atomic mass is 32.1. The molecule has 0 fully saturated rings. The van der Waals surface area contributed by atoms with Gasteiger partial charge >= 0.3 is 0 Å². The molecule has 1 aromatic carbocycles. The maximum atomic E-state index is 2.35. The Morgan fingerprint density at radius 2 is 1.76 bits per heavy atom. The van der Waals surface area contributed by atoms with Gasteiger partial charge in [0.05, 0.1) is 5.70 Å². The van der Waals surface area contributed by atoms with Gasteiger partial charge < -0.3 is 4.90 Å². The highest BCUT2D eigenvalue weighted by molar-refractivity contribution is 7.14. The third kappa shape index (κ3) is 1.69. The van der Waals surface area contributed by atoms with Crippen LogP contribution < -0.4 is 10.4 Å². The SMILES string of the molecule is C1=CB2C(=C3C(=C4C=CC=CN4c4sccc43)c3ccccc32)C=C1. The van der Waals surface area contributed by atoms with Crippen molar-refractivity contribution in [2.75, 3.05) is 4.90 Å². The monoisotopic (exact) mass is 335 g/mol. The molecular weight excluding hydrogens is 321 g/mol. The second-order valence-corrected chi connectivity index (χ2v) is 7.50. The van der Waals surface area contributed by atoms with Crippen LogP contribution in [0.4, 0.5) is 5.00 Å². The second-order valence-electron chi connectivity index (χ2n) is 6.61. The van der Waals surface area contributed by atoms with Crippen LogP contribution in [0.2, 0.25) is 0 Å². The third-order valence-corrected chi connectivity index (χ3v) is 6.29. The summed E-state index contributed by atoms with van der Waals surface area (Å²) in [6, 6.07) is 11.2. The zero-order valence-corrected chi connectivity index (χ0v) is 14.3. The molecule has 0 N–H and O–H groups in total. The van der Waals surface area contributed by atoms with Crippen LogP contribution >= 0.6 is 11.3 Å². The Bertz CT molecular complexity index is 1110. The maximum Gasteiger partial charge on any atom is 0.235 e. The molecule has 0 atom stereocenters. The van der Waals surface area contributed by atoms with Crippen LogP contribution in [0.1, 0.15) is 11.1 Å². The Labute approximate surface area is 151 Å². The first kappa shape index (κ1) is 13.5. The Kier molecular flexibility index (Phi) is 2.63. The smallest absolute Gasteiger partial charge is 0.235 e. The first-order valence-corrected chi connectivity index (χ1v) is 9.46. The lowest BCUT2D eigenvalue weighted by Gasteiger charge is -2.38. The molecule has 0 aliphatic carbocycles. The van der Waals surface area contributed by atoms with Gasteiger partial charge in [-0.05, 0) is 34.7 Å². The summed E-state index contributed by atoms with van der Waals surface area (Å²) in [6.45, 7) is 0.350. The summed E-state index contributed by atoms with van der Waals surface area (Å²) in [5.41, 5.74) is 9.62. The lowest BCUT2D eigenvalue weighted by atomic mass is 9.35. The molecule has 4 aliphatic rings. The first-order valence-electron chi connectivity index (χ1n) is 8.58. The van der Waals surface area contributed by atoms with E-state index >= 15 is 0 Å². The van der Waals surface area contributed by atoms with Crippen molar-refractivity contribution >= 4 is 39.7 Å². The minimum atomic E-state index is 0.350. The Morgan fingerprint density at radius 1 is 0.840 bits per heavy atom. The minimum Gasteiger partial charge on any atom is -0.308 e. The molecule has 5 heterocycles. The van der Waals surface area contributed by atoms with Crippen LogP contribution in [-0.2, 0) is 0 Å². The summed E-state index contributed by atoms with van der Waals surface area (Å²) in [7, 11) is 0. The minimum absolute atomic E-state index is 0.350. The van der Waals surface area contributed by atoms with Crippen molar-refractivity contribution in [3.8, 4) is 0 Å². The van der Waals surface area contributed by atoms with Crippen molar-refractivity contribution in [2.24, 2.45) is 0 Å². The molecule has 0 saturated carbocycles. The lowest BCUT2D eigenvalue weighted by molar-refractivity contribution is 1.20. The molecule has 0 spiro atoms. The molecule has 4 aliphatic heterocycles. The second kappa shape index (κ2) is 4.87. The average Bonchev–Trinajstić information content (AvgIpc) is 3.17. The molecule has 0 radical (unpaired) electrons. The number of fused-ring (bicyclic) bond motifs is 9. The maximum absolute atomic E-state index is 2.35. The van der Waals surface area contributed by atoms with E-state index in [4.69, 9.17) is 0 Å². The number of allylic oxidation sites excluding steroid dienone is 9. The van der Waals surface area contributed by atoms with Crippen molar-refractivity contribution in [2.45, 2.75) is 0 Å². The molecule has 25 heavy (non-hydrogen) atoms. The van der Waals surface area contributed by atoms with E-state index in [9.17, 15) is 0 Å². The molecule has 0 saturated heterocycles. The van der Waals surface area contributed by atoms with Crippen LogP contribution in [-0.4, -0.2) is 6.71 Å². The quantitative estimate of drug-likeness (QED) is 0.629. The topological polar surface area (TPSA) is 3.24 Å². The van der Waals surface area contributed by atoms with Gasteiger partial charge in [-0.25, -0.2) is 0 Å². The molecule has 116 valence electrons. The molecule has 3 heteroatoms. The summed E-state index contributed by atoms with van der Waals surface area (Å²) >= 11 is 1.82. The molecule has 2 aromatic rings. The van der Waals surface area contributed by atoms with E-state index in [0.717, 1.165) is 0 Å². The van der Waals surface area contributed by atoms with Gasteiger partial charge in [-0.1, -0.05) is 59.5 Å². The van der Waals surface area contributed by atoms with Crippen LogP contribution in [0.15, 0.2) is 95.5 Å². The van der Waals surface area contributed by atoms with E-state index in [2.05, 4.69) is 89.2 Å². The Balaban J connectivity index is 1.79. The van der Waals surface area contributed by atoms with Crippen LogP contribution in [0.5, 0.6) is 0 Å². The predicted molar refractivity (Wildman–Crippen MR) is 109 cm³/mol. The third-order valence-electron chi connectivity index (χ3n) is 5.38. The first-order chi connectivity index (χ1) is 12.4. The largest absolute Gasteiger partial charge is 0.308 e. The van der Waals surface area contributed by atoms with Crippen molar-refractivity contribution in [3.05, 3.63) is 107 Å². The zero-order chi connectivity index (χ0) is 16.4. The van der Waals surface area contributed by atoms with E-state index < -0.39 is 0 Å². The molecule has 1 aromatic heterocycles. The number of rotatable bonds is 0. The predicted octanol–water partition coefficient (Wildman–Crippen LogP) is 4.74. The van der Waals surface area contributed by atoms with Crippen LogP contribution in [0, 0.1) is 0 Å². The van der Waals surface area contributed by atoms with Gasteiger partial charge in [0.25, 0.3) is 0 Å². The van der Waals surface area contributed by atoms with Gasteiger partial charge in [0, 0.05) is 17.3 Å². The lowest BCUT2D eigenvalue weighted by Crippen LogP contribution is -2.39. The summed E-state index contributed by atoms with van der Waals surface area (Å²) in [4.78, 5) is 2.35. The number of anilines is 1. The van der Waals surface area contributed by atoms with E-state index in [0.29, 0.717) is 6.71 Å². The molecular formula is C22H14BNS. The Morgan fingerprint density at radius 3 is 2.76 bits per heavy atom. The van der Waals surface area contributed by atoms with Gasteiger partial charge in [0.15, 0.2) is 0 Å². The number of hydrogen-bond acceptors (Lipinski definition) is 2. The number of nitrogens with zero attached hydrogens (tertiary/aromatic N) is 1. The van der Waals surface area contributed by atoms with Gasteiger partial charge in [-0.2, -0.15) is 0 Å². The fourth-order valence-electron chi connectivity index (χ4n) is 4.38. The molecule has 0 amide bonds. The van der Waals surface area contributed by atoms with Crippen LogP contribution in [0.25, 0.3) is 11.1 Å². The Hall–Kier alpha value is -2.78. The highest BCUT2D eigenvalue weighted by Crippen LogP contribution is 2.51. The molecule has 1 nitrogen and oxygen atoms in total. The summed E-state index contributed by atoms with van der Waals surface area (Å²) in [5.74, 6) is 2.33. The summed E-state index contributed by atoms with van der Waals surface area (Å²) in [5, 5.41) is 3.53. The number of hydrogen-bond donors (Lipinski definition) is 0. The normalized spacial score (nSPS) is 18.9. The molecule has 0 bridgehead atoms. The van der Waals surface area contributed by atoms with E-state index in [1.165, 1.54) is 43.9 Å². The van der Waals surface area contributed by atoms with E-state index in [1.807, 2.05) is 11.3 Å². The standard InChI is InChI=1S/C22H14BNS/c1-2-8-17-15(7-1)21-19-10-4-6-13-24(19)22-16(11-14-25-22)20(21)18-9-3-5-12-23(17)18/h1-14H.